The Hall–Kier alpha value is -2.35. The number of rotatable bonds is 2. The number of para-hydroxylation sites is 1. The van der Waals surface area contributed by atoms with Crippen LogP contribution in [0.3, 0.4) is 0 Å². The summed E-state index contributed by atoms with van der Waals surface area (Å²) in [5.74, 6) is 0.874. The number of benzene rings is 2. The zero-order chi connectivity index (χ0) is 12.4. The highest BCUT2D eigenvalue weighted by atomic mass is 15.0. The predicted molar refractivity (Wildman–Crippen MR) is 76.2 cm³/mol. The summed E-state index contributed by atoms with van der Waals surface area (Å²) in [4.78, 5) is 4.62. The van der Waals surface area contributed by atoms with E-state index in [9.17, 15) is 0 Å². The smallest absolute Gasteiger partial charge is 0.131 e. The molecule has 0 aliphatic carbocycles. The van der Waals surface area contributed by atoms with E-state index in [2.05, 4.69) is 41.5 Å². The van der Waals surface area contributed by atoms with Gasteiger partial charge in [0.15, 0.2) is 0 Å². The molecule has 2 nitrogen and oxygen atoms in total. The highest BCUT2D eigenvalue weighted by molar-refractivity contribution is 5.81. The van der Waals surface area contributed by atoms with Crippen LogP contribution >= 0.6 is 0 Å². The molecule has 3 aromatic rings. The average molecular weight is 234 g/mol. The highest BCUT2D eigenvalue weighted by Gasteiger charge is 1.99. The van der Waals surface area contributed by atoms with Gasteiger partial charge in [-0.3, -0.25) is 0 Å². The van der Waals surface area contributed by atoms with Gasteiger partial charge < -0.3 is 5.32 Å². The van der Waals surface area contributed by atoms with Crippen LogP contribution in [0.5, 0.6) is 0 Å². The van der Waals surface area contributed by atoms with Crippen molar-refractivity contribution >= 4 is 22.4 Å². The van der Waals surface area contributed by atoms with E-state index in [4.69, 9.17) is 0 Å². The molecule has 18 heavy (non-hydrogen) atoms. The summed E-state index contributed by atoms with van der Waals surface area (Å²) < 4.78 is 0. The molecule has 0 bridgehead atoms. The van der Waals surface area contributed by atoms with Gasteiger partial charge in [0.1, 0.15) is 5.82 Å². The number of aryl methyl sites for hydroxylation is 1. The number of nitrogens with one attached hydrogen (secondary N) is 1. The molecule has 0 unspecified atom stereocenters. The third kappa shape index (κ3) is 2.18. The van der Waals surface area contributed by atoms with Gasteiger partial charge in [-0.2, -0.15) is 0 Å². The van der Waals surface area contributed by atoms with Crippen molar-refractivity contribution in [3.63, 3.8) is 0 Å². The van der Waals surface area contributed by atoms with Crippen molar-refractivity contribution in [1.29, 1.82) is 0 Å². The first-order chi connectivity index (χ1) is 8.81. The van der Waals surface area contributed by atoms with Gasteiger partial charge in [-0.15, -0.1) is 0 Å². The van der Waals surface area contributed by atoms with E-state index in [1.165, 1.54) is 10.9 Å². The highest BCUT2D eigenvalue weighted by Crippen LogP contribution is 2.19. The van der Waals surface area contributed by atoms with Gasteiger partial charge in [-0.25, -0.2) is 4.98 Å². The van der Waals surface area contributed by atoms with E-state index in [-0.39, 0.29) is 0 Å². The van der Waals surface area contributed by atoms with E-state index in [1.807, 2.05) is 36.4 Å². The third-order valence-corrected chi connectivity index (χ3v) is 2.89. The number of hydrogen-bond acceptors (Lipinski definition) is 2. The van der Waals surface area contributed by atoms with Crippen LogP contribution in [0.2, 0.25) is 0 Å². The standard InChI is InChI=1S/C16H14N2/c1-12-7-8-13-9-10-16(18-15(13)11-12)17-14-5-3-2-4-6-14/h2-11H,1H3,(H,17,18). The minimum atomic E-state index is 0.874. The molecule has 0 amide bonds. The topological polar surface area (TPSA) is 24.9 Å². The predicted octanol–water partition coefficient (Wildman–Crippen LogP) is 4.29. The van der Waals surface area contributed by atoms with Crippen molar-refractivity contribution in [3.8, 4) is 0 Å². The molecule has 0 atom stereocenters. The molecule has 1 N–H and O–H groups in total. The van der Waals surface area contributed by atoms with Crippen molar-refractivity contribution in [2.45, 2.75) is 6.92 Å². The number of anilines is 2. The van der Waals surface area contributed by atoms with Gasteiger partial charge >= 0.3 is 0 Å². The first kappa shape index (κ1) is 10.8. The molecule has 1 heterocycles. The lowest BCUT2D eigenvalue weighted by atomic mass is 10.1. The number of fused-ring (bicyclic) bond motifs is 1. The number of aromatic nitrogens is 1. The minimum absolute atomic E-state index is 0.874. The molecule has 2 heteroatoms. The molecular weight excluding hydrogens is 220 g/mol. The van der Waals surface area contributed by atoms with E-state index in [0.29, 0.717) is 0 Å². The van der Waals surface area contributed by atoms with Crippen molar-refractivity contribution in [3.05, 3.63) is 66.2 Å². The van der Waals surface area contributed by atoms with Gasteiger partial charge in [0.2, 0.25) is 0 Å². The van der Waals surface area contributed by atoms with E-state index >= 15 is 0 Å². The fourth-order valence-electron chi connectivity index (χ4n) is 1.97. The minimum Gasteiger partial charge on any atom is -0.340 e. The van der Waals surface area contributed by atoms with Crippen LogP contribution in [0.4, 0.5) is 11.5 Å². The van der Waals surface area contributed by atoms with Crippen LogP contribution < -0.4 is 5.32 Å². The zero-order valence-electron chi connectivity index (χ0n) is 10.2. The maximum absolute atomic E-state index is 4.62. The summed E-state index contributed by atoms with van der Waals surface area (Å²) in [7, 11) is 0. The van der Waals surface area contributed by atoms with Crippen LogP contribution in [0.15, 0.2) is 60.7 Å². The lowest BCUT2D eigenvalue weighted by Gasteiger charge is -2.06. The van der Waals surface area contributed by atoms with Gasteiger partial charge in [0.05, 0.1) is 5.52 Å². The Labute approximate surface area is 106 Å². The van der Waals surface area contributed by atoms with E-state index < -0.39 is 0 Å². The Morgan fingerprint density at radius 3 is 2.50 bits per heavy atom. The summed E-state index contributed by atoms with van der Waals surface area (Å²) in [6, 6.07) is 20.5. The fourth-order valence-corrected chi connectivity index (χ4v) is 1.97. The number of pyridine rings is 1. The van der Waals surface area contributed by atoms with Gasteiger partial charge in [-0.05, 0) is 42.8 Å². The Bertz CT molecular complexity index is 675. The molecule has 88 valence electrons. The van der Waals surface area contributed by atoms with Crippen molar-refractivity contribution < 1.29 is 0 Å². The van der Waals surface area contributed by atoms with Gasteiger partial charge in [0.25, 0.3) is 0 Å². The Kier molecular flexibility index (Phi) is 2.69. The molecule has 2 aromatic carbocycles. The summed E-state index contributed by atoms with van der Waals surface area (Å²) in [5, 5.41) is 4.47. The maximum atomic E-state index is 4.62. The fraction of sp³-hybridized carbons (Fsp3) is 0.0625. The molecule has 0 fully saturated rings. The van der Waals surface area contributed by atoms with Crippen molar-refractivity contribution in [2.75, 3.05) is 5.32 Å². The Morgan fingerprint density at radius 2 is 1.67 bits per heavy atom. The normalized spacial score (nSPS) is 10.5. The second kappa shape index (κ2) is 4.49. The Balaban J connectivity index is 1.98. The Morgan fingerprint density at radius 1 is 0.889 bits per heavy atom. The van der Waals surface area contributed by atoms with Crippen LogP contribution in [0, 0.1) is 6.92 Å². The van der Waals surface area contributed by atoms with Crippen LogP contribution in [-0.2, 0) is 0 Å². The molecular formula is C16H14N2. The molecule has 0 saturated heterocycles. The van der Waals surface area contributed by atoms with Crippen LogP contribution in [0.1, 0.15) is 5.56 Å². The van der Waals surface area contributed by atoms with Gasteiger partial charge in [0, 0.05) is 11.1 Å². The summed E-state index contributed by atoms with van der Waals surface area (Å²) in [6.45, 7) is 2.08. The second-order valence-corrected chi connectivity index (χ2v) is 4.38. The maximum Gasteiger partial charge on any atom is 0.131 e. The SMILES string of the molecule is Cc1ccc2ccc(Nc3ccccc3)nc2c1. The number of nitrogens with zero attached hydrogens (tertiary/aromatic N) is 1. The lowest BCUT2D eigenvalue weighted by molar-refractivity contribution is 1.36. The first-order valence-electron chi connectivity index (χ1n) is 6.01. The van der Waals surface area contributed by atoms with Crippen LogP contribution in [-0.4, -0.2) is 4.98 Å². The zero-order valence-corrected chi connectivity index (χ0v) is 10.2. The molecule has 0 radical (unpaired) electrons. The lowest BCUT2D eigenvalue weighted by Crippen LogP contribution is -1.93. The molecule has 0 aliphatic rings. The summed E-state index contributed by atoms with van der Waals surface area (Å²) in [5.41, 5.74) is 3.31. The third-order valence-electron chi connectivity index (χ3n) is 2.89. The van der Waals surface area contributed by atoms with E-state index in [0.717, 1.165) is 17.0 Å². The second-order valence-electron chi connectivity index (χ2n) is 4.38. The number of hydrogen-bond donors (Lipinski definition) is 1. The molecule has 0 spiro atoms. The summed E-state index contributed by atoms with van der Waals surface area (Å²) >= 11 is 0. The largest absolute Gasteiger partial charge is 0.340 e. The average Bonchev–Trinajstić information content (AvgIpc) is 2.39. The van der Waals surface area contributed by atoms with Crippen molar-refractivity contribution in [2.24, 2.45) is 0 Å². The molecule has 1 aromatic heterocycles. The monoisotopic (exact) mass is 234 g/mol. The van der Waals surface area contributed by atoms with Crippen molar-refractivity contribution in [1.82, 2.24) is 4.98 Å². The molecule has 0 saturated carbocycles. The first-order valence-corrected chi connectivity index (χ1v) is 6.01. The van der Waals surface area contributed by atoms with Gasteiger partial charge in [-0.1, -0.05) is 30.3 Å². The molecule has 0 aliphatic heterocycles. The quantitative estimate of drug-likeness (QED) is 0.715. The summed E-state index contributed by atoms with van der Waals surface area (Å²) in [6.07, 6.45) is 0. The van der Waals surface area contributed by atoms with E-state index in [1.54, 1.807) is 0 Å². The molecule has 3 rings (SSSR count). The van der Waals surface area contributed by atoms with Crippen LogP contribution in [0.25, 0.3) is 10.9 Å².